The third-order valence-corrected chi connectivity index (χ3v) is 2.56. The van der Waals surface area contributed by atoms with Gasteiger partial charge in [-0.2, -0.15) is 0 Å². The van der Waals surface area contributed by atoms with Crippen LogP contribution in [0.1, 0.15) is 20.3 Å². The average molecular weight is 259 g/mol. The van der Waals surface area contributed by atoms with Crippen LogP contribution in [0.25, 0.3) is 0 Å². The number of rotatable bonds is 6. The van der Waals surface area contributed by atoms with Gasteiger partial charge in [-0.25, -0.2) is 4.79 Å². The van der Waals surface area contributed by atoms with Crippen LogP contribution in [0.3, 0.4) is 0 Å². The van der Waals surface area contributed by atoms with Crippen molar-refractivity contribution in [2.24, 2.45) is 5.41 Å². The zero-order valence-corrected chi connectivity index (χ0v) is 11.2. The smallest absolute Gasteiger partial charge is 0.317 e. The molecule has 0 spiro atoms. The van der Waals surface area contributed by atoms with Crippen LogP contribution in [0.15, 0.2) is 0 Å². The van der Waals surface area contributed by atoms with Gasteiger partial charge in [-0.1, -0.05) is 0 Å². The molecule has 0 aliphatic rings. The molecule has 3 N–H and O–H groups in total. The predicted molar refractivity (Wildman–Crippen MR) is 66.1 cm³/mol. The van der Waals surface area contributed by atoms with Crippen molar-refractivity contribution in [2.45, 2.75) is 20.3 Å². The predicted octanol–water partition coefficient (Wildman–Crippen LogP) is -0.125. The Morgan fingerprint density at radius 3 is 2.28 bits per heavy atom. The largest absolute Gasteiger partial charge is 0.481 e. The van der Waals surface area contributed by atoms with Gasteiger partial charge in [0.2, 0.25) is 5.91 Å². The summed E-state index contributed by atoms with van der Waals surface area (Å²) in [5.74, 6) is -1.13. The Morgan fingerprint density at radius 1 is 1.28 bits per heavy atom. The van der Waals surface area contributed by atoms with Gasteiger partial charge in [-0.15, -0.1) is 0 Å². The number of carbonyl (C=O) groups excluding carboxylic acids is 2. The molecule has 0 saturated carbocycles. The zero-order valence-electron chi connectivity index (χ0n) is 11.2. The summed E-state index contributed by atoms with van der Waals surface area (Å²) in [6, 6.07) is -0.395. The molecule has 0 heterocycles. The van der Waals surface area contributed by atoms with E-state index < -0.39 is 17.4 Å². The van der Waals surface area contributed by atoms with Gasteiger partial charge in [-0.05, 0) is 13.8 Å². The van der Waals surface area contributed by atoms with Crippen molar-refractivity contribution < 1.29 is 19.5 Å². The highest BCUT2D eigenvalue weighted by atomic mass is 16.4. The minimum atomic E-state index is -1.02. The van der Waals surface area contributed by atoms with Crippen molar-refractivity contribution in [3.8, 4) is 0 Å². The SMILES string of the molecule is CNC(=O)CCN(C)C(=O)NCC(C)(C)C(=O)O. The molecule has 0 saturated heterocycles. The second-order valence-electron chi connectivity index (χ2n) is 4.69. The van der Waals surface area contributed by atoms with E-state index in [1.165, 1.54) is 25.8 Å². The molecule has 18 heavy (non-hydrogen) atoms. The van der Waals surface area contributed by atoms with Crippen molar-refractivity contribution in [1.29, 1.82) is 0 Å². The fourth-order valence-electron chi connectivity index (χ4n) is 1.00. The van der Waals surface area contributed by atoms with Crippen LogP contribution < -0.4 is 10.6 Å². The van der Waals surface area contributed by atoms with Crippen molar-refractivity contribution >= 4 is 17.9 Å². The molecule has 0 aromatic carbocycles. The molecule has 7 heteroatoms. The monoisotopic (exact) mass is 259 g/mol. The zero-order chi connectivity index (χ0) is 14.3. The lowest BCUT2D eigenvalue weighted by molar-refractivity contribution is -0.146. The van der Waals surface area contributed by atoms with Crippen LogP contribution in [0.2, 0.25) is 0 Å². The molecular weight excluding hydrogens is 238 g/mol. The first-order valence-corrected chi connectivity index (χ1v) is 5.63. The molecule has 0 aliphatic heterocycles. The minimum absolute atomic E-state index is 0.0332. The Hall–Kier alpha value is -1.79. The van der Waals surface area contributed by atoms with E-state index in [0.717, 1.165) is 0 Å². The lowest BCUT2D eigenvalue weighted by atomic mass is 9.94. The lowest BCUT2D eigenvalue weighted by Crippen LogP contribution is -2.44. The molecular formula is C11H21N3O4. The second kappa shape index (κ2) is 6.83. The summed E-state index contributed by atoms with van der Waals surface area (Å²) in [7, 11) is 3.07. The number of urea groups is 1. The van der Waals surface area contributed by atoms with E-state index in [0.29, 0.717) is 0 Å². The van der Waals surface area contributed by atoms with Crippen molar-refractivity contribution in [3.05, 3.63) is 0 Å². The molecule has 0 atom stereocenters. The molecule has 0 aliphatic carbocycles. The maximum Gasteiger partial charge on any atom is 0.317 e. The van der Waals surface area contributed by atoms with Gasteiger partial charge in [0.05, 0.1) is 5.41 Å². The molecule has 7 nitrogen and oxygen atoms in total. The van der Waals surface area contributed by atoms with Crippen LogP contribution in [-0.2, 0) is 9.59 Å². The van der Waals surface area contributed by atoms with E-state index in [1.54, 1.807) is 7.05 Å². The summed E-state index contributed by atoms with van der Waals surface area (Å²) < 4.78 is 0. The summed E-state index contributed by atoms with van der Waals surface area (Å²) in [5, 5.41) is 13.9. The second-order valence-corrected chi connectivity index (χ2v) is 4.69. The average Bonchev–Trinajstić information content (AvgIpc) is 2.32. The van der Waals surface area contributed by atoms with Gasteiger partial charge < -0.3 is 20.6 Å². The highest BCUT2D eigenvalue weighted by Gasteiger charge is 2.27. The van der Waals surface area contributed by atoms with E-state index in [-0.39, 0.29) is 25.4 Å². The fraction of sp³-hybridized carbons (Fsp3) is 0.727. The molecule has 3 amide bonds. The molecule has 0 rings (SSSR count). The third-order valence-electron chi connectivity index (χ3n) is 2.56. The first kappa shape index (κ1) is 16.2. The summed E-state index contributed by atoms with van der Waals surface area (Å²) in [6.45, 7) is 3.37. The highest BCUT2D eigenvalue weighted by molar-refractivity contribution is 5.79. The van der Waals surface area contributed by atoms with Crippen molar-refractivity contribution in [3.63, 3.8) is 0 Å². The molecule has 104 valence electrons. The van der Waals surface area contributed by atoms with Gasteiger partial charge in [0.25, 0.3) is 0 Å². The number of carboxylic acid groups (broad SMARTS) is 1. The third kappa shape index (κ3) is 5.51. The Balaban J connectivity index is 4.10. The number of aliphatic carboxylic acids is 1. The van der Waals surface area contributed by atoms with Gasteiger partial charge >= 0.3 is 12.0 Å². The standard InChI is InChI=1S/C11H21N3O4/c1-11(2,9(16)17)7-13-10(18)14(4)6-5-8(15)12-3/h5-7H2,1-4H3,(H,12,15)(H,13,18)(H,16,17). The van der Waals surface area contributed by atoms with Crippen LogP contribution in [0, 0.1) is 5.41 Å². The lowest BCUT2D eigenvalue weighted by Gasteiger charge is -2.23. The number of hydrogen-bond acceptors (Lipinski definition) is 3. The number of nitrogens with one attached hydrogen (secondary N) is 2. The summed E-state index contributed by atoms with van der Waals surface area (Å²) in [5.41, 5.74) is -1.02. The number of amides is 3. The Bertz CT molecular complexity index is 328. The van der Waals surface area contributed by atoms with Crippen LogP contribution >= 0.6 is 0 Å². The summed E-state index contributed by atoms with van der Waals surface area (Å²) in [4.78, 5) is 34.8. The molecule has 0 aromatic rings. The Morgan fingerprint density at radius 2 is 1.83 bits per heavy atom. The van der Waals surface area contributed by atoms with E-state index in [4.69, 9.17) is 5.11 Å². The Labute approximate surface area is 107 Å². The quantitative estimate of drug-likeness (QED) is 0.619. The normalized spacial score (nSPS) is 10.7. The molecule has 0 radical (unpaired) electrons. The first-order valence-electron chi connectivity index (χ1n) is 5.63. The first-order chi connectivity index (χ1) is 8.20. The van der Waals surface area contributed by atoms with Crippen molar-refractivity contribution in [1.82, 2.24) is 15.5 Å². The molecule has 0 aromatic heterocycles. The summed E-state index contributed by atoms with van der Waals surface area (Å²) >= 11 is 0. The van der Waals surface area contributed by atoms with E-state index in [1.807, 2.05) is 0 Å². The summed E-state index contributed by atoms with van der Waals surface area (Å²) in [6.07, 6.45) is 0.211. The van der Waals surface area contributed by atoms with Gasteiger partial charge in [0.1, 0.15) is 0 Å². The maximum atomic E-state index is 11.6. The van der Waals surface area contributed by atoms with Gasteiger partial charge in [-0.3, -0.25) is 9.59 Å². The molecule has 0 bridgehead atoms. The van der Waals surface area contributed by atoms with Crippen LogP contribution in [0.5, 0.6) is 0 Å². The molecule has 0 fully saturated rings. The van der Waals surface area contributed by atoms with E-state index in [2.05, 4.69) is 10.6 Å². The minimum Gasteiger partial charge on any atom is -0.481 e. The fourth-order valence-corrected chi connectivity index (χ4v) is 1.00. The number of nitrogens with zero attached hydrogens (tertiary/aromatic N) is 1. The number of carboxylic acids is 1. The highest BCUT2D eigenvalue weighted by Crippen LogP contribution is 2.13. The van der Waals surface area contributed by atoms with E-state index in [9.17, 15) is 14.4 Å². The van der Waals surface area contributed by atoms with E-state index >= 15 is 0 Å². The van der Waals surface area contributed by atoms with Crippen LogP contribution in [0.4, 0.5) is 4.79 Å². The number of carbonyl (C=O) groups is 3. The Kier molecular flexibility index (Phi) is 6.15. The maximum absolute atomic E-state index is 11.6. The molecule has 0 unspecified atom stereocenters. The van der Waals surface area contributed by atoms with Crippen molar-refractivity contribution in [2.75, 3.05) is 27.2 Å². The number of hydrogen-bond donors (Lipinski definition) is 3. The van der Waals surface area contributed by atoms with Gasteiger partial charge in [0, 0.05) is 33.6 Å². The van der Waals surface area contributed by atoms with Crippen LogP contribution in [-0.4, -0.2) is 55.1 Å². The topological polar surface area (TPSA) is 98.7 Å². The van der Waals surface area contributed by atoms with Gasteiger partial charge in [0.15, 0.2) is 0 Å².